The first-order valence-corrected chi connectivity index (χ1v) is 9.45. The summed E-state index contributed by atoms with van der Waals surface area (Å²) < 4.78 is 23.6. The Balaban J connectivity index is 2.02. The Kier molecular flexibility index (Phi) is 5.08. The smallest absolute Gasteiger partial charge is 0.177 e. The number of hydrogen-bond acceptors (Lipinski definition) is 3. The van der Waals surface area contributed by atoms with Crippen molar-refractivity contribution in [1.29, 1.82) is 0 Å². The molecule has 2 rings (SSSR count). The molecule has 1 aliphatic rings. The van der Waals surface area contributed by atoms with Crippen LogP contribution in [0.4, 0.5) is 5.69 Å². The predicted octanol–water partition coefficient (Wildman–Crippen LogP) is 3.86. The van der Waals surface area contributed by atoms with Crippen LogP contribution in [0.2, 0.25) is 0 Å². The Labute approximate surface area is 122 Å². The lowest BCUT2D eigenvalue weighted by Crippen LogP contribution is -2.26. The Morgan fingerprint density at radius 1 is 1.15 bits per heavy atom. The van der Waals surface area contributed by atoms with Gasteiger partial charge in [0, 0.05) is 12.3 Å². The third-order valence-corrected chi connectivity index (χ3v) is 5.34. The van der Waals surface area contributed by atoms with Crippen LogP contribution in [0.3, 0.4) is 0 Å². The minimum Gasteiger partial charge on any atom is -0.381 e. The minimum absolute atomic E-state index is 0.408. The molecule has 20 heavy (non-hydrogen) atoms. The van der Waals surface area contributed by atoms with E-state index in [4.69, 9.17) is 0 Å². The lowest BCUT2D eigenvalue weighted by atomic mass is 9.83. The summed E-state index contributed by atoms with van der Waals surface area (Å²) >= 11 is 0. The van der Waals surface area contributed by atoms with E-state index in [-0.39, 0.29) is 0 Å². The summed E-state index contributed by atoms with van der Waals surface area (Å²) in [5.41, 5.74) is 0.758. The molecule has 0 spiro atoms. The van der Waals surface area contributed by atoms with Gasteiger partial charge in [0.25, 0.3) is 0 Å². The first-order valence-electron chi connectivity index (χ1n) is 7.56. The second-order valence-corrected chi connectivity index (χ2v) is 7.90. The van der Waals surface area contributed by atoms with Gasteiger partial charge in [-0.25, -0.2) is 8.42 Å². The summed E-state index contributed by atoms with van der Waals surface area (Å²) in [6, 6.07) is 7.62. The number of para-hydroxylation sites is 1. The van der Waals surface area contributed by atoms with E-state index in [2.05, 4.69) is 12.2 Å². The number of anilines is 1. The molecule has 0 unspecified atom stereocenters. The SMILES string of the molecule is CCCC1CCC(Nc2ccccc2S(C)(=O)=O)CC1. The van der Waals surface area contributed by atoms with Gasteiger partial charge in [0.05, 0.1) is 10.6 Å². The largest absolute Gasteiger partial charge is 0.381 e. The lowest BCUT2D eigenvalue weighted by molar-refractivity contribution is 0.318. The van der Waals surface area contributed by atoms with Gasteiger partial charge in [-0.3, -0.25) is 0 Å². The van der Waals surface area contributed by atoms with E-state index in [0.29, 0.717) is 10.9 Å². The molecular formula is C16H25NO2S. The zero-order chi connectivity index (χ0) is 14.6. The molecule has 0 aromatic heterocycles. The normalized spacial score (nSPS) is 23.5. The predicted molar refractivity (Wildman–Crippen MR) is 83.8 cm³/mol. The highest BCUT2D eigenvalue weighted by Crippen LogP contribution is 2.31. The average molecular weight is 295 g/mol. The second-order valence-electron chi connectivity index (χ2n) is 5.92. The van der Waals surface area contributed by atoms with Gasteiger partial charge in [0.2, 0.25) is 0 Å². The number of sulfone groups is 1. The first-order chi connectivity index (χ1) is 9.50. The van der Waals surface area contributed by atoms with Crippen LogP contribution in [0.5, 0.6) is 0 Å². The first kappa shape index (κ1) is 15.4. The summed E-state index contributed by atoms with van der Waals surface area (Å²) in [7, 11) is -3.17. The van der Waals surface area contributed by atoms with Crippen molar-refractivity contribution < 1.29 is 8.42 Å². The van der Waals surface area contributed by atoms with Crippen molar-refractivity contribution in [2.24, 2.45) is 5.92 Å². The van der Waals surface area contributed by atoms with E-state index in [9.17, 15) is 8.42 Å². The summed E-state index contributed by atoms with van der Waals surface area (Å²) in [5.74, 6) is 0.864. The molecule has 1 aliphatic carbocycles. The van der Waals surface area contributed by atoms with Crippen molar-refractivity contribution in [3.8, 4) is 0 Å². The standard InChI is InChI=1S/C16H25NO2S/c1-3-6-13-9-11-14(12-10-13)17-15-7-4-5-8-16(15)20(2,18)19/h4-5,7-8,13-14,17H,3,6,9-12H2,1-2H3. The molecular weight excluding hydrogens is 270 g/mol. The van der Waals surface area contributed by atoms with E-state index in [1.165, 1.54) is 31.9 Å². The number of rotatable bonds is 5. The highest BCUT2D eigenvalue weighted by molar-refractivity contribution is 7.90. The maximum Gasteiger partial charge on any atom is 0.177 e. The van der Waals surface area contributed by atoms with Crippen molar-refractivity contribution in [2.45, 2.75) is 56.4 Å². The molecule has 1 aromatic rings. The lowest BCUT2D eigenvalue weighted by Gasteiger charge is -2.30. The van der Waals surface area contributed by atoms with Gasteiger partial charge >= 0.3 is 0 Å². The second kappa shape index (κ2) is 6.61. The summed E-state index contributed by atoms with van der Waals surface area (Å²) in [4.78, 5) is 0.413. The van der Waals surface area contributed by atoms with E-state index in [1.54, 1.807) is 12.1 Å². The molecule has 0 amide bonds. The van der Waals surface area contributed by atoms with E-state index in [0.717, 1.165) is 24.4 Å². The molecule has 0 atom stereocenters. The molecule has 0 heterocycles. The van der Waals surface area contributed by atoms with Crippen molar-refractivity contribution >= 4 is 15.5 Å². The van der Waals surface area contributed by atoms with Crippen LogP contribution >= 0.6 is 0 Å². The van der Waals surface area contributed by atoms with Gasteiger partial charge in [-0.15, -0.1) is 0 Å². The average Bonchev–Trinajstić information content (AvgIpc) is 2.41. The van der Waals surface area contributed by atoms with Crippen LogP contribution in [0.15, 0.2) is 29.2 Å². The topological polar surface area (TPSA) is 46.2 Å². The summed E-state index contributed by atoms with van der Waals surface area (Å²) in [5, 5.41) is 3.44. The third kappa shape index (κ3) is 3.98. The highest BCUT2D eigenvalue weighted by atomic mass is 32.2. The fourth-order valence-corrected chi connectivity index (χ4v) is 3.99. The zero-order valence-corrected chi connectivity index (χ0v) is 13.2. The number of benzene rings is 1. The molecule has 1 fully saturated rings. The number of hydrogen-bond donors (Lipinski definition) is 1. The van der Waals surface area contributed by atoms with E-state index >= 15 is 0 Å². The van der Waals surface area contributed by atoms with Gasteiger partial charge in [0.1, 0.15) is 0 Å². The minimum atomic E-state index is -3.17. The van der Waals surface area contributed by atoms with Crippen molar-refractivity contribution in [2.75, 3.05) is 11.6 Å². The van der Waals surface area contributed by atoms with Crippen LogP contribution in [0.25, 0.3) is 0 Å². The van der Waals surface area contributed by atoms with Crippen LogP contribution < -0.4 is 5.32 Å². The Bertz CT molecular complexity index is 531. The van der Waals surface area contributed by atoms with Crippen LogP contribution in [-0.2, 0) is 9.84 Å². The van der Waals surface area contributed by atoms with E-state index in [1.807, 2.05) is 12.1 Å². The van der Waals surface area contributed by atoms with Crippen LogP contribution in [0, 0.1) is 5.92 Å². The van der Waals surface area contributed by atoms with Crippen molar-refractivity contribution in [3.05, 3.63) is 24.3 Å². The molecule has 3 nitrogen and oxygen atoms in total. The Morgan fingerprint density at radius 2 is 1.80 bits per heavy atom. The van der Waals surface area contributed by atoms with Gasteiger partial charge in [-0.05, 0) is 43.7 Å². The molecule has 0 saturated heterocycles. The molecule has 0 radical (unpaired) electrons. The van der Waals surface area contributed by atoms with Crippen LogP contribution in [0.1, 0.15) is 45.4 Å². The van der Waals surface area contributed by atoms with Crippen molar-refractivity contribution in [1.82, 2.24) is 0 Å². The quantitative estimate of drug-likeness (QED) is 0.897. The molecule has 4 heteroatoms. The maximum atomic E-state index is 11.8. The van der Waals surface area contributed by atoms with Crippen LogP contribution in [-0.4, -0.2) is 20.7 Å². The monoisotopic (exact) mass is 295 g/mol. The maximum absolute atomic E-state index is 11.8. The zero-order valence-electron chi connectivity index (χ0n) is 12.4. The van der Waals surface area contributed by atoms with Crippen molar-refractivity contribution in [3.63, 3.8) is 0 Å². The van der Waals surface area contributed by atoms with Gasteiger partial charge in [0.15, 0.2) is 9.84 Å². The van der Waals surface area contributed by atoms with Gasteiger partial charge < -0.3 is 5.32 Å². The molecule has 0 bridgehead atoms. The molecule has 1 aromatic carbocycles. The number of nitrogens with one attached hydrogen (secondary N) is 1. The van der Waals surface area contributed by atoms with Gasteiger partial charge in [-0.2, -0.15) is 0 Å². The Hall–Kier alpha value is -1.03. The third-order valence-electron chi connectivity index (χ3n) is 4.19. The molecule has 0 aliphatic heterocycles. The fourth-order valence-electron chi connectivity index (χ4n) is 3.13. The molecule has 112 valence electrons. The van der Waals surface area contributed by atoms with E-state index < -0.39 is 9.84 Å². The fraction of sp³-hybridized carbons (Fsp3) is 0.625. The summed E-state index contributed by atoms with van der Waals surface area (Å²) in [6.07, 6.45) is 8.66. The highest BCUT2D eigenvalue weighted by Gasteiger charge is 2.22. The van der Waals surface area contributed by atoms with Gasteiger partial charge in [-0.1, -0.05) is 31.9 Å². The molecule has 1 saturated carbocycles. The summed E-state index contributed by atoms with van der Waals surface area (Å²) in [6.45, 7) is 2.24. The molecule has 1 N–H and O–H groups in total. The Morgan fingerprint density at radius 3 is 2.40 bits per heavy atom.